The Balaban J connectivity index is 5.27. The summed E-state index contributed by atoms with van der Waals surface area (Å²) in [6.07, 6.45) is 2.42. The SMILES string of the molecule is CCCN[Si](CC(C)C)(NCCC)N[Si](CC)(CC)CC. The van der Waals surface area contributed by atoms with E-state index < -0.39 is 16.8 Å². The van der Waals surface area contributed by atoms with Gasteiger partial charge < -0.3 is 14.6 Å². The molecule has 0 aromatic rings. The Hall–Kier alpha value is 0.314. The van der Waals surface area contributed by atoms with Crippen molar-refractivity contribution in [1.29, 1.82) is 0 Å². The van der Waals surface area contributed by atoms with Gasteiger partial charge >= 0.3 is 0 Å². The summed E-state index contributed by atoms with van der Waals surface area (Å²) < 4.78 is 4.29. The zero-order valence-electron chi connectivity index (χ0n) is 15.7. The lowest BCUT2D eigenvalue weighted by Gasteiger charge is -2.43. The summed E-state index contributed by atoms with van der Waals surface area (Å²) in [6, 6.07) is 5.30. The fraction of sp³-hybridized carbons (Fsp3) is 1.00. The van der Waals surface area contributed by atoms with Crippen LogP contribution in [0.2, 0.25) is 24.2 Å². The van der Waals surface area contributed by atoms with Gasteiger partial charge in [-0.1, -0.05) is 48.5 Å². The van der Waals surface area contributed by atoms with E-state index in [1.54, 1.807) is 0 Å². The van der Waals surface area contributed by atoms with Gasteiger partial charge in [0.25, 0.3) is 8.56 Å². The number of rotatable bonds is 13. The fourth-order valence-electron chi connectivity index (χ4n) is 3.10. The first kappa shape index (κ1) is 21.3. The van der Waals surface area contributed by atoms with E-state index in [4.69, 9.17) is 0 Å². The lowest BCUT2D eigenvalue weighted by atomic mass is 10.3. The van der Waals surface area contributed by atoms with Crippen LogP contribution in [0.25, 0.3) is 0 Å². The monoisotopic (exact) mass is 331 g/mol. The summed E-state index contributed by atoms with van der Waals surface area (Å²) in [4.78, 5) is 7.92. The molecule has 0 aromatic heterocycles. The maximum Gasteiger partial charge on any atom is 0.274 e. The van der Waals surface area contributed by atoms with Gasteiger partial charge in [0.1, 0.15) is 8.24 Å². The van der Waals surface area contributed by atoms with Crippen molar-refractivity contribution in [1.82, 2.24) is 14.6 Å². The van der Waals surface area contributed by atoms with Crippen molar-refractivity contribution in [3.8, 4) is 0 Å². The molecule has 0 heterocycles. The fourth-order valence-corrected chi connectivity index (χ4v) is 14.5. The third-order valence-electron chi connectivity index (χ3n) is 4.58. The Morgan fingerprint density at radius 2 is 1.19 bits per heavy atom. The van der Waals surface area contributed by atoms with Crippen LogP contribution in [0.4, 0.5) is 0 Å². The van der Waals surface area contributed by atoms with Crippen LogP contribution in [0.3, 0.4) is 0 Å². The minimum Gasteiger partial charge on any atom is -0.335 e. The molecule has 0 aliphatic heterocycles. The summed E-state index contributed by atoms with van der Waals surface area (Å²) in [5.74, 6) is 0.732. The van der Waals surface area contributed by atoms with Crippen LogP contribution in [-0.2, 0) is 0 Å². The van der Waals surface area contributed by atoms with Gasteiger partial charge in [0, 0.05) is 0 Å². The van der Waals surface area contributed by atoms with E-state index in [1.807, 2.05) is 0 Å². The van der Waals surface area contributed by atoms with E-state index in [0.29, 0.717) is 0 Å². The topological polar surface area (TPSA) is 36.1 Å². The Labute approximate surface area is 136 Å². The first-order valence-corrected chi connectivity index (χ1v) is 14.0. The Morgan fingerprint density at radius 1 is 0.762 bits per heavy atom. The molecule has 0 rings (SSSR count). The highest BCUT2D eigenvalue weighted by Crippen LogP contribution is 2.21. The smallest absolute Gasteiger partial charge is 0.274 e. The van der Waals surface area contributed by atoms with Crippen molar-refractivity contribution < 1.29 is 0 Å². The van der Waals surface area contributed by atoms with E-state index in [1.165, 1.54) is 37.0 Å². The average Bonchev–Trinajstić information content (AvgIpc) is 2.48. The maximum atomic E-state index is 4.29. The molecule has 0 aliphatic rings. The second kappa shape index (κ2) is 10.9. The van der Waals surface area contributed by atoms with Gasteiger partial charge in [-0.2, -0.15) is 0 Å². The van der Waals surface area contributed by atoms with Crippen molar-refractivity contribution >= 4 is 16.8 Å². The number of hydrogen-bond acceptors (Lipinski definition) is 3. The van der Waals surface area contributed by atoms with Gasteiger partial charge in [0.2, 0.25) is 0 Å². The molecule has 0 aromatic carbocycles. The van der Waals surface area contributed by atoms with Crippen molar-refractivity contribution in [2.45, 2.75) is 85.5 Å². The van der Waals surface area contributed by atoms with Gasteiger partial charge in [-0.05, 0) is 56.0 Å². The minimum atomic E-state index is -1.79. The van der Waals surface area contributed by atoms with Gasteiger partial charge in [-0.25, -0.2) is 0 Å². The Morgan fingerprint density at radius 3 is 1.48 bits per heavy atom. The van der Waals surface area contributed by atoms with Gasteiger partial charge in [-0.15, -0.1) is 0 Å². The summed E-state index contributed by atoms with van der Waals surface area (Å²) in [5, 5.41) is 0. The van der Waals surface area contributed by atoms with Crippen LogP contribution < -0.4 is 14.6 Å². The first-order chi connectivity index (χ1) is 9.93. The molecule has 128 valence electrons. The van der Waals surface area contributed by atoms with E-state index in [0.717, 1.165) is 19.0 Å². The second-order valence-corrected chi connectivity index (χ2v) is 15.4. The van der Waals surface area contributed by atoms with E-state index in [9.17, 15) is 0 Å². The molecular formula is C16H41N3Si2. The zero-order valence-corrected chi connectivity index (χ0v) is 17.7. The molecule has 0 saturated carbocycles. The minimum absolute atomic E-state index is 0.732. The Kier molecular flexibility index (Phi) is 11.1. The third kappa shape index (κ3) is 7.41. The molecule has 0 aliphatic carbocycles. The molecule has 3 nitrogen and oxygen atoms in total. The standard InChI is InChI=1S/C16H41N3Si2/c1-8-13-17-21(15-16(6)7,18-14-9-2)19-20(10-3,11-4)12-5/h16-19H,8-15H2,1-7H3. The molecule has 0 radical (unpaired) electrons. The molecule has 0 saturated heterocycles. The molecule has 0 spiro atoms. The lowest BCUT2D eigenvalue weighted by Crippen LogP contribution is -2.78. The van der Waals surface area contributed by atoms with E-state index >= 15 is 0 Å². The van der Waals surface area contributed by atoms with Crippen molar-refractivity contribution in [2.24, 2.45) is 5.92 Å². The van der Waals surface area contributed by atoms with Gasteiger partial charge in [0.05, 0.1) is 0 Å². The predicted molar refractivity (Wildman–Crippen MR) is 102 cm³/mol. The molecule has 21 heavy (non-hydrogen) atoms. The highest BCUT2D eigenvalue weighted by atomic mass is 28.4. The van der Waals surface area contributed by atoms with E-state index in [-0.39, 0.29) is 0 Å². The quantitative estimate of drug-likeness (QED) is 0.443. The molecule has 0 amide bonds. The van der Waals surface area contributed by atoms with Crippen LogP contribution >= 0.6 is 0 Å². The molecule has 0 fully saturated rings. The molecule has 5 heteroatoms. The lowest BCUT2D eigenvalue weighted by molar-refractivity contribution is 0.656. The van der Waals surface area contributed by atoms with Crippen LogP contribution in [0.15, 0.2) is 0 Å². The summed E-state index contributed by atoms with van der Waals surface area (Å²) in [7, 11) is -3.12. The van der Waals surface area contributed by atoms with Crippen molar-refractivity contribution in [3.05, 3.63) is 0 Å². The maximum absolute atomic E-state index is 4.29. The van der Waals surface area contributed by atoms with Gasteiger partial charge in [-0.3, -0.25) is 0 Å². The first-order valence-electron chi connectivity index (χ1n) is 9.22. The largest absolute Gasteiger partial charge is 0.335 e. The number of nitrogens with one attached hydrogen (secondary N) is 3. The molecule has 0 bridgehead atoms. The Bertz CT molecular complexity index is 240. The van der Waals surface area contributed by atoms with Gasteiger partial charge in [0.15, 0.2) is 0 Å². The van der Waals surface area contributed by atoms with Crippen molar-refractivity contribution in [2.75, 3.05) is 13.1 Å². The summed E-state index contributed by atoms with van der Waals surface area (Å²) in [6.45, 7) is 18.7. The average molecular weight is 332 g/mol. The third-order valence-corrected chi connectivity index (χ3v) is 15.6. The molecule has 0 atom stereocenters. The summed E-state index contributed by atoms with van der Waals surface area (Å²) in [5.41, 5.74) is 0. The second-order valence-electron chi connectivity index (χ2n) is 6.82. The predicted octanol–water partition coefficient (Wildman–Crippen LogP) is 4.18. The van der Waals surface area contributed by atoms with Crippen molar-refractivity contribution in [3.63, 3.8) is 0 Å². The van der Waals surface area contributed by atoms with Crippen LogP contribution in [0.1, 0.15) is 61.3 Å². The highest BCUT2D eigenvalue weighted by Gasteiger charge is 2.41. The van der Waals surface area contributed by atoms with Crippen LogP contribution in [-0.4, -0.2) is 29.9 Å². The molecule has 0 unspecified atom stereocenters. The molecule has 3 N–H and O–H groups in total. The highest BCUT2D eigenvalue weighted by molar-refractivity contribution is 6.91. The normalized spacial score (nSPS) is 13.1. The number of hydrogen-bond donors (Lipinski definition) is 3. The van der Waals surface area contributed by atoms with Crippen LogP contribution in [0.5, 0.6) is 0 Å². The summed E-state index contributed by atoms with van der Waals surface area (Å²) >= 11 is 0. The molecular weight excluding hydrogens is 290 g/mol. The van der Waals surface area contributed by atoms with Crippen LogP contribution in [0, 0.1) is 5.92 Å². The zero-order chi connectivity index (χ0) is 16.4. The van der Waals surface area contributed by atoms with E-state index in [2.05, 4.69) is 63.1 Å².